The third kappa shape index (κ3) is 4.69. The van der Waals surface area contributed by atoms with E-state index >= 15 is 0 Å². The molecule has 1 aromatic carbocycles. The second-order valence-corrected chi connectivity index (χ2v) is 8.79. The topological polar surface area (TPSA) is 67.3 Å². The SMILES string of the molecule is COC(=O)C1C(CN2CCN(C)CC2)=Nc2ccnc(OC(C)C)c2C1c1ccccc1. The quantitative estimate of drug-likeness (QED) is 0.648. The molecule has 2 atom stereocenters. The Morgan fingerprint density at radius 2 is 1.84 bits per heavy atom. The zero-order valence-corrected chi connectivity index (χ0v) is 19.3. The first kappa shape index (κ1) is 22.4. The highest BCUT2D eigenvalue weighted by atomic mass is 16.5. The molecule has 0 spiro atoms. The van der Waals surface area contributed by atoms with Crippen LogP contribution in [-0.4, -0.2) is 79.5 Å². The van der Waals surface area contributed by atoms with E-state index in [1.54, 1.807) is 6.20 Å². The molecule has 0 radical (unpaired) electrons. The van der Waals surface area contributed by atoms with Crippen LogP contribution in [0.2, 0.25) is 0 Å². The van der Waals surface area contributed by atoms with Gasteiger partial charge in [0.2, 0.25) is 5.88 Å². The van der Waals surface area contributed by atoms with Gasteiger partial charge in [0, 0.05) is 56.1 Å². The Morgan fingerprint density at radius 1 is 1.12 bits per heavy atom. The Bertz CT molecular complexity index is 968. The largest absolute Gasteiger partial charge is 0.475 e. The number of rotatable bonds is 6. The fourth-order valence-electron chi connectivity index (χ4n) is 4.52. The number of aliphatic imine (C=N–C) groups is 1. The van der Waals surface area contributed by atoms with E-state index in [1.165, 1.54) is 7.11 Å². The number of benzene rings is 1. The first-order valence-corrected chi connectivity index (χ1v) is 11.2. The highest BCUT2D eigenvalue weighted by molar-refractivity contribution is 6.07. The molecule has 1 saturated heterocycles. The Labute approximate surface area is 190 Å². The lowest BCUT2D eigenvalue weighted by Gasteiger charge is -2.37. The minimum Gasteiger partial charge on any atom is -0.475 e. The minimum atomic E-state index is -0.534. The number of aromatic nitrogens is 1. The van der Waals surface area contributed by atoms with Crippen LogP contribution in [0.15, 0.2) is 47.6 Å². The normalized spacial score (nSPS) is 21.7. The van der Waals surface area contributed by atoms with Crippen molar-refractivity contribution < 1.29 is 14.3 Å². The molecule has 2 aliphatic rings. The Kier molecular flexibility index (Phi) is 6.86. The molecule has 0 amide bonds. The van der Waals surface area contributed by atoms with E-state index in [1.807, 2.05) is 38.1 Å². The van der Waals surface area contributed by atoms with Gasteiger partial charge in [0.25, 0.3) is 0 Å². The lowest BCUT2D eigenvalue weighted by atomic mass is 9.75. The molecule has 0 N–H and O–H groups in total. The number of likely N-dealkylation sites (N-methyl/N-ethyl adjacent to an activating group) is 1. The molecule has 7 nitrogen and oxygen atoms in total. The molecule has 2 aromatic rings. The third-order valence-electron chi connectivity index (χ3n) is 6.14. The van der Waals surface area contributed by atoms with Crippen LogP contribution in [0, 0.1) is 5.92 Å². The van der Waals surface area contributed by atoms with Crippen molar-refractivity contribution in [1.29, 1.82) is 0 Å². The van der Waals surface area contributed by atoms with Gasteiger partial charge in [-0.3, -0.25) is 14.7 Å². The molecule has 170 valence electrons. The molecule has 1 fully saturated rings. The zero-order chi connectivity index (χ0) is 22.7. The van der Waals surface area contributed by atoms with E-state index in [4.69, 9.17) is 14.5 Å². The van der Waals surface area contributed by atoms with Gasteiger partial charge in [-0.2, -0.15) is 0 Å². The first-order chi connectivity index (χ1) is 15.5. The molecule has 4 rings (SSSR count). The average Bonchev–Trinajstić information content (AvgIpc) is 2.79. The van der Waals surface area contributed by atoms with Crippen molar-refractivity contribution in [2.75, 3.05) is 46.9 Å². The summed E-state index contributed by atoms with van der Waals surface area (Å²) < 4.78 is 11.4. The number of esters is 1. The van der Waals surface area contributed by atoms with Gasteiger partial charge in [0.15, 0.2) is 0 Å². The summed E-state index contributed by atoms with van der Waals surface area (Å²) in [7, 11) is 3.58. The van der Waals surface area contributed by atoms with Gasteiger partial charge in [-0.05, 0) is 32.5 Å². The molecule has 0 saturated carbocycles. The second kappa shape index (κ2) is 9.79. The summed E-state index contributed by atoms with van der Waals surface area (Å²) in [5.41, 5.74) is 3.53. The van der Waals surface area contributed by atoms with E-state index in [9.17, 15) is 4.79 Å². The molecule has 0 aliphatic carbocycles. The number of ether oxygens (including phenoxy) is 2. The number of fused-ring (bicyclic) bond motifs is 1. The van der Waals surface area contributed by atoms with Gasteiger partial charge >= 0.3 is 5.97 Å². The molecular formula is C25H32N4O3. The fourth-order valence-corrected chi connectivity index (χ4v) is 4.52. The maximum atomic E-state index is 13.2. The van der Waals surface area contributed by atoms with Crippen LogP contribution < -0.4 is 4.74 Å². The monoisotopic (exact) mass is 436 g/mol. The minimum absolute atomic E-state index is 0.0438. The molecule has 7 heteroatoms. The summed E-state index contributed by atoms with van der Waals surface area (Å²) in [6, 6.07) is 12.0. The predicted octanol–water partition coefficient (Wildman–Crippen LogP) is 3.12. The van der Waals surface area contributed by atoms with E-state index in [2.05, 4.69) is 34.0 Å². The molecule has 3 heterocycles. The van der Waals surface area contributed by atoms with Crippen molar-refractivity contribution in [3.63, 3.8) is 0 Å². The first-order valence-electron chi connectivity index (χ1n) is 11.2. The maximum Gasteiger partial charge on any atom is 0.315 e. The van der Waals surface area contributed by atoms with Crippen LogP contribution >= 0.6 is 0 Å². The van der Waals surface area contributed by atoms with Crippen LogP contribution in [0.4, 0.5) is 5.69 Å². The standard InChI is InChI=1S/C25H32N4O3/c1-17(2)32-24-22-19(10-11-26-24)27-20(16-29-14-12-28(3)13-15-29)23(25(30)31-4)21(22)18-8-6-5-7-9-18/h5-11,17,21,23H,12-16H2,1-4H3. The van der Waals surface area contributed by atoms with E-state index < -0.39 is 5.92 Å². The van der Waals surface area contributed by atoms with Crippen molar-refractivity contribution in [1.82, 2.24) is 14.8 Å². The maximum absolute atomic E-state index is 13.2. The number of carbonyl (C=O) groups excluding carboxylic acids is 1. The van der Waals surface area contributed by atoms with Gasteiger partial charge in [-0.1, -0.05) is 30.3 Å². The third-order valence-corrected chi connectivity index (χ3v) is 6.14. The number of methoxy groups -OCH3 is 1. The summed E-state index contributed by atoms with van der Waals surface area (Å²) in [6.07, 6.45) is 1.69. The van der Waals surface area contributed by atoms with Crippen LogP contribution in [0.25, 0.3) is 0 Å². The lowest BCUT2D eigenvalue weighted by molar-refractivity contribution is -0.143. The van der Waals surface area contributed by atoms with Crippen LogP contribution in [0.3, 0.4) is 0 Å². The van der Waals surface area contributed by atoms with Crippen molar-refractivity contribution in [3.05, 3.63) is 53.7 Å². The Morgan fingerprint density at radius 3 is 2.50 bits per heavy atom. The highest BCUT2D eigenvalue weighted by Gasteiger charge is 2.42. The molecule has 2 unspecified atom stereocenters. The number of hydrogen-bond acceptors (Lipinski definition) is 7. The van der Waals surface area contributed by atoms with Gasteiger partial charge in [0.05, 0.1) is 18.9 Å². The molecule has 32 heavy (non-hydrogen) atoms. The van der Waals surface area contributed by atoms with Crippen molar-refractivity contribution in [3.8, 4) is 5.88 Å². The molecule has 0 bridgehead atoms. The summed E-state index contributed by atoms with van der Waals surface area (Å²) in [4.78, 5) is 27.4. The summed E-state index contributed by atoms with van der Waals surface area (Å²) in [5.74, 6) is -0.561. The zero-order valence-electron chi connectivity index (χ0n) is 19.3. The fraction of sp³-hybridized carbons (Fsp3) is 0.480. The van der Waals surface area contributed by atoms with E-state index in [-0.39, 0.29) is 18.0 Å². The molecular weight excluding hydrogens is 404 g/mol. The smallest absolute Gasteiger partial charge is 0.315 e. The van der Waals surface area contributed by atoms with Crippen LogP contribution in [-0.2, 0) is 9.53 Å². The summed E-state index contributed by atoms with van der Waals surface area (Å²) in [5, 5.41) is 0. The van der Waals surface area contributed by atoms with Crippen molar-refractivity contribution in [2.45, 2.75) is 25.9 Å². The van der Waals surface area contributed by atoms with Crippen molar-refractivity contribution in [2.24, 2.45) is 10.9 Å². The summed E-state index contributed by atoms with van der Waals surface area (Å²) in [6.45, 7) is 8.49. The van der Waals surface area contributed by atoms with E-state index in [0.29, 0.717) is 12.4 Å². The van der Waals surface area contributed by atoms with Crippen LogP contribution in [0.1, 0.15) is 30.9 Å². The Hall–Kier alpha value is -2.77. The van der Waals surface area contributed by atoms with Crippen LogP contribution in [0.5, 0.6) is 5.88 Å². The second-order valence-electron chi connectivity index (χ2n) is 8.79. The van der Waals surface area contributed by atoms with Gasteiger partial charge < -0.3 is 14.4 Å². The van der Waals surface area contributed by atoms with Gasteiger partial charge in [-0.25, -0.2) is 4.98 Å². The Balaban J connectivity index is 1.83. The highest BCUT2D eigenvalue weighted by Crippen LogP contribution is 2.46. The number of piperazine rings is 1. The summed E-state index contributed by atoms with van der Waals surface area (Å²) >= 11 is 0. The lowest BCUT2D eigenvalue weighted by Crippen LogP contribution is -2.48. The van der Waals surface area contributed by atoms with Gasteiger partial charge in [0.1, 0.15) is 5.92 Å². The number of carbonyl (C=O) groups is 1. The van der Waals surface area contributed by atoms with Gasteiger partial charge in [-0.15, -0.1) is 0 Å². The molecule has 2 aliphatic heterocycles. The van der Waals surface area contributed by atoms with Crippen molar-refractivity contribution >= 4 is 17.4 Å². The van der Waals surface area contributed by atoms with E-state index in [0.717, 1.165) is 48.7 Å². The number of pyridine rings is 1. The number of hydrogen-bond donors (Lipinski definition) is 0. The number of nitrogens with zero attached hydrogens (tertiary/aromatic N) is 4. The predicted molar refractivity (Wildman–Crippen MR) is 125 cm³/mol. The molecule has 1 aromatic heterocycles. The average molecular weight is 437 g/mol.